The first-order chi connectivity index (χ1) is 12.0. The highest BCUT2D eigenvalue weighted by Crippen LogP contribution is 2.26. The number of amides is 1. The largest absolute Gasteiger partial charge is 0.322 e. The highest BCUT2D eigenvalue weighted by atomic mass is 19.1. The summed E-state index contributed by atoms with van der Waals surface area (Å²) < 4.78 is 15.6. The van der Waals surface area contributed by atoms with Gasteiger partial charge in [-0.3, -0.25) is 9.69 Å². The van der Waals surface area contributed by atoms with Gasteiger partial charge in [0.25, 0.3) is 0 Å². The van der Waals surface area contributed by atoms with E-state index in [2.05, 4.69) is 39.6 Å². The van der Waals surface area contributed by atoms with Gasteiger partial charge in [0.2, 0.25) is 5.91 Å². The number of nitrogens with one attached hydrogen (secondary N) is 1. The molecule has 1 aliphatic heterocycles. The van der Waals surface area contributed by atoms with Gasteiger partial charge in [-0.2, -0.15) is 4.68 Å². The molecule has 3 rings (SSSR count). The summed E-state index contributed by atoms with van der Waals surface area (Å²) in [5.74, 6) is -0.110. The Kier molecular flexibility index (Phi) is 5.08. The minimum Gasteiger partial charge on any atom is -0.322 e. The van der Waals surface area contributed by atoms with Crippen LogP contribution in [0, 0.1) is 12.7 Å². The lowest BCUT2D eigenvalue weighted by molar-refractivity contribution is -0.118. The first-order valence-corrected chi connectivity index (χ1v) is 8.60. The monoisotopic (exact) mass is 346 g/mol. The van der Waals surface area contributed by atoms with Crippen LogP contribution in [-0.4, -0.2) is 49.6 Å². The SMILES string of the molecule is CCC1CCC(C)N1CC(=O)Nc1cc(-n2nnnc2C)ccc1F. The van der Waals surface area contributed by atoms with Crippen LogP contribution in [-0.2, 0) is 4.79 Å². The summed E-state index contributed by atoms with van der Waals surface area (Å²) in [7, 11) is 0. The molecule has 1 amide bonds. The summed E-state index contributed by atoms with van der Waals surface area (Å²) in [6.45, 7) is 6.28. The summed E-state index contributed by atoms with van der Waals surface area (Å²) in [4.78, 5) is 14.6. The average Bonchev–Trinajstić information content (AvgIpc) is 3.16. The molecule has 2 aromatic rings. The number of aryl methyl sites for hydroxylation is 1. The molecule has 0 saturated carbocycles. The van der Waals surface area contributed by atoms with E-state index in [1.165, 1.54) is 10.7 Å². The summed E-state index contributed by atoms with van der Waals surface area (Å²) in [6.07, 6.45) is 3.21. The highest BCUT2D eigenvalue weighted by molar-refractivity contribution is 5.92. The number of rotatable bonds is 5. The molecule has 2 unspecified atom stereocenters. The summed E-state index contributed by atoms with van der Waals surface area (Å²) >= 11 is 0. The summed E-state index contributed by atoms with van der Waals surface area (Å²) in [6, 6.07) is 5.21. The Morgan fingerprint density at radius 3 is 2.88 bits per heavy atom. The van der Waals surface area contributed by atoms with E-state index in [1.54, 1.807) is 19.1 Å². The maximum Gasteiger partial charge on any atom is 0.238 e. The van der Waals surface area contributed by atoms with Crippen LogP contribution < -0.4 is 5.32 Å². The fourth-order valence-corrected chi connectivity index (χ4v) is 3.42. The van der Waals surface area contributed by atoms with Crippen molar-refractivity contribution in [3.63, 3.8) is 0 Å². The molecule has 2 heterocycles. The molecule has 8 heteroatoms. The fourth-order valence-electron chi connectivity index (χ4n) is 3.42. The number of tetrazole rings is 1. The first kappa shape index (κ1) is 17.5. The Labute approximate surface area is 146 Å². The predicted molar refractivity (Wildman–Crippen MR) is 92.0 cm³/mol. The number of hydrogen-bond acceptors (Lipinski definition) is 5. The number of nitrogens with zero attached hydrogens (tertiary/aromatic N) is 5. The van der Waals surface area contributed by atoms with Crippen LogP contribution >= 0.6 is 0 Å². The van der Waals surface area contributed by atoms with Gasteiger partial charge in [0, 0.05) is 12.1 Å². The van der Waals surface area contributed by atoms with Gasteiger partial charge in [-0.1, -0.05) is 6.92 Å². The molecule has 0 spiro atoms. The van der Waals surface area contributed by atoms with Gasteiger partial charge in [0.05, 0.1) is 17.9 Å². The van der Waals surface area contributed by atoms with E-state index in [0.717, 1.165) is 19.3 Å². The maximum atomic E-state index is 14.1. The Balaban J connectivity index is 1.74. The molecule has 1 fully saturated rings. The second-order valence-corrected chi connectivity index (χ2v) is 6.51. The van der Waals surface area contributed by atoms with Crippen LogP contribution in [0.1, 0.15) is 38.9 Å². The Hall–Kier alpha value is -2.35. The number of halogens is 1. The fraction of sp³-hybridized carbons (Fsp3) is 0.529. The third-order valence-corrected chi connectivity index (χ3v) is 4.84. The van der Waals surface area contributed by atoms with E-state index in [-0.39, 0.29) is 18.1 Å². The second kappa shape index (κ2) is 7.26. The van der Waals surface area contributed by atoms with E-state index in [4.69, 9.17) is 0 Å². The van der Waals surface area contributed by atoms with Gasteiger partial charge in [-0.05, 0) is 61.7 Å². The van der Waals surface area contributed by atoms with Crippen LogP contribution in [0.4, 0.5) is 10.1 Å². The smallest absolute Gasteiger partial charge is 0.238 e. The highest BCUT2D eigenvalue weighted by Gasteiger charge is 2.30. The van der Waals surface area contributed by atoms with Gasteiger partial charge in [0.1, 0.15) is 5.82 Å². The third kappa shape index (κ3) is 3.68. The molecule has 25 heavy (non-hydrogen) atoms. The molecule has 1 aromatic carbocycles. The van der Waals surface area contributed by atoms with Crippen molar-refractivity contribution in [3.8, 4) is 5.69 Å². The Morgan fingerprint density at radius 2 is 2.20 bits per heavy atom. The quantitative estimate of drug-likeness (QED) is 0.899. The molecule has 1 aliphatic rings. The number of likely N-dealkylation sites (tertiary alicyclic amines) is 1. The predicted octanol–water partition coefficient (Wildman–Crippen LogP) is 2.31. The normalized spacial score (nSPS) is 20.8. The summed E-state index contributed by atoms with van der Waals surface area (Å²) in [5.41, 5.74) is 0.734. The van der Waals surface area contributed by atoms with E-state index in [9.17, 15) is 9.18 Å². The zero-order valence-corrected chi connectivity index (χ0v) is 14.7. The lowest BCUT2D eigenvalue weighted by Crippen LogP contribution is -2.40. The van der Waals surface area contributed by atoms with Crippen molar-refractivity contribution in [2.45, 2.75) is 52.1 Å². The van der Waals surface area contributed by atoms with E-state index in [1.807, 2.05) is 0 Å². The average molecular weight is 346 g/mol. The first-order valence-electron chi connectivity index (χ1n) is 8.60. The molecular weight excluding hydrogens is 323 g/mol. The molecule has 7 nitrogen and oxygen atoms in total. The molecule has 134 valence electrons. The van der Waals surface area contributed by atoms with Crippen LogP contribution in [0.2, 0.25) is 0 Å². The zero-order chi connectivity index (χ0) is 18.0. The molecule has 1 aromatic heterocycles. The van der Waals surface area contributed by atoms with Crippen LogP contribution in [0.25, 0.3) is 5.69 Å². The van der Waals surface area contributed by atoms with Gasteiger partial charge in [-0.25, -0.2) is 4.39 Å². The minimum absolute atomic E-state index is 0.136. The summed E-state index contributed by atoms with van der Waals surface area (Å²) in [5, 5.41) is 13.9. The van der Waals surface area contributed by atoms with Crippen molar-refractivity contribution in [2.75, 3.05) is 11.9 Å². The maximum absolute atomic E-state index is 14.1. The van der Waals surface area contributed by atoms with Crippen LogP contribution in [0.3, 0.4) is 0 Å². The molecule has 0 aliphatic carbocycles. The molecule has 0 radical (unpaired) electrons. The van der Waals surface area contributed by atoms with Gasteiger partial charge in [0.15, 0.2) is 5.82 Å². The number of carbonyl (C=O) groups is 1. The zero-order valence-electron chi connectivity index (χ0n) is 14.7. The Morgan fingerprint density at radius 1 is 1.40 bits per heavy atom. The van der Waals surface area contributed by atoms with Crippen molar-refractivity contribution in [1.29, 1.82) is 0 Å². The van der Waals surface area contributed by atoms with Crippen LogP contribution in [0.15, 0.2) is 18.2 Å². The van der Waals surface area contributed by atoms with Crippen molar-refractivity contribution >= 4 is 11.6 Å². The molecule has 1 saturated heterocycles. The molecule has 0 bridgehead atoms. The van der Waals surface area contributed by atoms with Gasteiger partial charge >= 0.3 is 0 Å². The van der Waals surface area contributed by atoms with Crippen LogP contribution in [0.5, 0.6) is 0 Å². The van der Waals surface area contributed by atoms with E-state index < -0.39 is 5.82 Å². The topological polar surface area (TPSA) is 75.9 Å². The number of carbonyl (C=O) groups excluding carboxylic acids is 1. The molecule has 2 atom stereocenters. The lowest BCUT2D eigenvalue weighted by atomic mass is 10.1. The minimum atomic E-state index is -0.482. The molecular formula is C17H23FN6O. The molecule has 1 N–H and O–H groups in total. The Bertz CT molecular complexity index is 761. The lowest BCUT2D eigenvalue weighted by Gasteiger charge is -2.26. The van der Waals surface area contributed by atoms with Crippen molar-refractivity contribution in [3.05, 3.63) is 29.8 Å². The second-order valence-electron chi connectivity index (χ2n) is 6.51. The van der Waals surface area contributed by atoms with E-state index >= 15 is 0 Å². The number of benzene rings is 1. The van der Waals surface area contributed by atoms with Gasteiger partial charge < -0.3 is 5.32 Å². The third-order valence-electron chi connectivity index (χ3n) is 4.84. The standard InChI is InChI=1S/C17H23FN6O/c1-4-13-6-5-11(2)23(13)10-17(25)19-16-9-14(7-8-15(16)18)24-12(3)20-21-22-24/h7-9,11,13H,4-6,10H2,1-3H3,(H,19,25). The van der Waals surface area contributed by atoms with Crippen molar-refractivity contribution in [1.82, 2.24) is 25.1 Å². The number of anilines is 1. The van der Waals surface area contributed by atoms with Gasteiger partial charge in [-0.15, -0.1) is 5.10 Å². The number of hydrogen-bond donors (Lipinski definition) is 1. The number of aromatic nitrogens is 4. The van der Waals surface area contributed by atoms with Crippen molar-refractivity contribution < 1.29 is 9.18 Å². The van der Waals surface area contributed by atoms with Crippen molar-refractivity contribution in [2.24, 2.45) is 0 Å². The van der Waals surface area contributed by atoms with E-state index in [0.29, 0.717) is 23.6 Å².